The number of nitrogens with zero attached hydrogens (tertiary/aromatic N) is 3. The molecule has 0 radical (unpaired) electrons. The summed E-state index contributed by atoms with van der Waals surface area (Å²) in [5, 5.41) is 13.3. The Morgan fingerprint density at radius 1 is 1.59 bits per heavy atom. The van der Waals surface area contributed by atoms with Gasteiger partial charge in [0.15, 0.2) is 5.65 Å². The van der Waals surface area contributed by atoms with Crippen molar-refractivity contribution in [2.75, 3.05) is 6.61 Å². The molecule has 1 fully saturated rings. The van der Waals surface area contributed by atoms with Crippen LogP contribution in [0.25, 0.3) is 5.65 Å². The van der Waals surface area contributed by atoms with Crippen LogP contribution in [0.5, 0.6) is 0 Å². The lowest BCUT2D eigenvalue weighted by molar-refractivity contribution is 0.0676. The maximum Gasteiger partial charge on any atom is 0.339 e. The molecule has 1 atom stereocenters. The lowest BCUT2D eigenvalue weighted by Crippen LogP contribution is -2.14. The second-order valence-corrected chi connectivity index (χ2v) is 3.97. The molecule has 1 unspecified atom stereocenters. The van der Waals surface area contributed by atoms with Crippen molar-refractivity contribution in [3.63, 3.8) is 0 Å². The fourth-order valence-corrected chi connectivity index (χ4v) is 2.16. The molecule has 1 saturated heterocycles. The third kappa shape index (κ3) is 1.57. The average molecular weight is 233 g/mol. The molecule has 1 N–H and O–H groups in total. The third-order valence-electron chi connectivity index (χ3n) is 2.92. The number of aromatic nitrogens is 3. The average Bonchev–Trinajstić information content (AvgIpc) is 2.98. The van der Waals surface area contributed by atoms with Gasteiger partial charge in [-0.3, -0.25) is 0 Å². The molecule has 88 valence electrons. The minimum Gasteiger partial charge on any atom is -0.478 e. The third-order valence-corrected chi connectivity index (χ3v) is 2.92. The van der Waals surface area contributed by atoms with Crippen molar-refractivity contribution >= 4 is 11.6 Å². The topological polar surface area (TPSA) is 76.7 Å². The summed E-state index contributed by atoms with van der Waals surface area (Å²) in [5.41, 5.74) is 1.39. The summed E-state index contributed by atoms with van der Waals surface area (Å²) < 4.78 is 7.11. The van der Waals surface area contributed by atoms with Crippen LogP contribution in [0, 0.1) is 0 Å². The number of carboxylic acid groups (broad SMARTS) is 1. The van der Waals surface area contributed by atoms with E-state index < -0.39 is 5.97 Å². The first kappa shape index (κ1) is 10.2. The van der Waals surface area contributed by atoms with E-state index in [0.29, 0.717) is 17.9 Å². The van der Waals surface area contributed by atoms with Crippen LogP contribution in [-0.4, -0.2) is 32.3 Å². The summed E-state index contributed by atoms with van der Waals surface area (Å²) in [6.07, 6.45) is 4.53. The van der Waals surface area contributed by atoms with Gasteiger partial charge in [0.25, 0.3) is 0 Å². The van der Waals surface area contributed by atoms with Crippen molar-refractivity contribution in [1.82, 2.24) is 14.6 Å². The summed E-state index contributed by atoms with van der Waals surface area (Å²) in [6.45, 7) is 0.662. The van der Waals surface area contributed by atoms with Gasteiger partial charge in [-0.15, -0.1) is 0 Å². The van der Waals surface area contributed by atoms with E-state index in [-0.39, 0.29) is 11.7 Å². The summed E-state index contributed by atoms with van der Waals surface area (Å²) in [5.74, 6) is -1.000. The summed E-state index contributed by atoms with van der Waals surface area (Å²) in [4.78, 5) is 15.3. The van der Waals surface area contributed by atoms with Gasteiger partial charge < -0.3 is 9.84 Å². The number of hydrogen-bond donors (Lipinski definition) is 1. The first-order valence-corrected chi connectivity index (χ1v) is 5.45. The highest BCUT2D eigenvalue weighted by Crippen LogP contribution is 2.30. The second kappa shape index (κ2) is 3.81. The number of hydrogen-bond acceptors (Lipinski definition) is 4. The maximum absolute atomic E-state index is 11.2. The van der Waals surface area contributed by atoms with E-state index >= 15 is 0 Å². The van der Waals surface area contributed by atoms with Gasteiger partial charge in [0, 0.05) is 18.9 Å². The van der Waals surface area contributed by atoms with Gasteiger partial charge in [-0.2, -0.15) is 5.10 Å². The van der Waals surface area contributed by atoms with Crippen LogP contribution in [0.15, 0.2) is 18.5 Å². The molecule has 0 amide bonds. The van der Waals surface area contributed by atoms with E-state index in [2.05, 4.69) is 10.1 Å². The Balaban J connectivity index is 2.25. The zero-order chi connectivity index (χ0) is 11.8. The molecule has 2 aromatic rings. The predicted molar refractivity (Wildman–Crippen MR) is 57.9 cm³/mol. The number of carbonyl (C=O) groups is 1. The fraction of sp³-hybridized carbons (Fsp3) is 0.364. The highest BCUT2D eigenvalue weighted by Gasteiger charge is 2.26. The zero-order valence-corrected chi connectivity index (χ0v) is 9.04. The van der Waals surface area contributed by atoms with Gasteiger partial charge in [0.2, 0.25) is 0 Å². The molecule has 0 spiro atoms. The van der Waals surface area contributed by atoms with Crippen LogP contribution in [0.2, 0.25) is 0 Å². The van der Waals surface area contributed by atoms with Crippen LogP contribution >= 0.6 is 0 Å². The van der Waals surface area contributed by atoms with Gasteiger partial charge in [-0.1, -0.05) is 0 Å². The molecule has 17 heavy (non-hydrogen) atoms. The number of ether oxygens (including phenoxy) is 1. The van der Waals surface area contributed by atoms with Gasteiger partial charge in [-0.05, 0) is 12.8 Å². The quantitative estimate of drug-likeness (QED) is 0.845. The Bertz CT molecular complexity index is 572. The molecule has 1 aliphatic rings. The van der Waals surface area contributed by atoms with Crippen LogP contribution < -0.4 is 0 Å². The van der Waals surface area contributed by atoms with Crippen molar-refractivity contribution in [2.45, 2.75) is 18.9 Å². The molecule has 0 saturated carbocycles. The van der Waals surface area contributed by atoms with E-state index in [1.807, 2.05) is 0 Å². The first-order valence-electron chi connectivity index (χ1n) is 5.45. The first-order chi connectivity index (χ1) is 8.27. The standard InChI is InChI=1S/C11H11N3O3/c15-11(16)7-6-12-9-3-4-13-14(9)10(7)8-2-1-5-17-8/h3-4,6,8H,1-2,5H2,(H,15,16). The Morgan fingerprint density at radius 2 is 2.47 bits per heavy atom. The lowest BCUT2D eigenvalue weighted by Gasteiger charge is -2.13. The molecule has 2 aromatic heterocycles. The summed E-state index contributed by atoms with van der Waals surface area (Å²) in [7, 11) is 0. The van der Waals surface area contributed by atoms with E-state index in [1.165, 1.54) is 6.20 Å². The van der Waals surface area contributed by atoms with Gasteiger partial charge in [0.1, 0.15) is 11.7 Å². The molecular formula is C11H11N3O3. The Labute approximate surface area is 96.8 Å². The molecule has 1 aliphatic heterocycles. The van der Waals surface area contributed by atoms with Crippen LogP contribution in [0.3, 0.4) is 0 Å². The van der Waals surface area contributed by atoms with Crippen LogP contribution in [0.4, 0.5) is 0 Å². The van der Waals surface area contributed by atoms with Crippen molar-refractivity contribution in [1.29, 1.82) is 0 Å². The zero-order valence-electron chi connectivity index (χ0n) is 9.04. The molecule has 3 rings (SSSR count). The monoisotopic (exact) mass is 233 g/mol. The lowest BCUT2D eigenvalue weighted by atomic mass is 10.1. The SMILES string of the molecule is O=C(O)c1cnc2ccnn2c1C1CCCO1. The van der Waals surface area contributed by atoms with E-state index in [4.69, 9.17) is 4.74 Å². The molecular weight excluding hydrogens is 222 g/mol. The van der Waals surface area contributed by atoms with Crippen molar-refractivity contribution in [3.8, 4) is 0 Å². The van der Waals surface area contributed by atoms with Crippen LogP contribution in [-0.2, 0) is 4.74 Å². The Hall–Kier alpha value is -1.95. The van der Waals surface area contributed by atoms with E-state index in [1.54, 1.807) is 16.8 Å². The van der Waals surface area contributed by atoms with Gasteiger partial charge in [-0.25, -0.2) is 14.3 Å². The summed E-state index contributed by atoms with van der Waals surface area (Å²) >= 11 is 0. The normalized spacial score (nSPS) is 19.9. The molecule has 6 nitrogen and oxygen atoms in total. The van der Waals surface area contributed by atoms with Crippen molar-refractivity contribution in [3.05, 3.63) is 29.7 Å². The molecule has 0 aromatic carbocycles. The Morgan fingerprint density at radius 3 is 3.18 bits per heavy atom. The maximum atomic E-state index is 11.2. The number of fused-ring (bicyclic) bond motifs is 1. The highest BCUT2D eigenvalue weighted by atomic mass is 16.5. The van der Waals surface area contributed by atoms with E-state index in [9.17, 15) is 9.90 Å². The number of aromatic carboxylic acids is 1. The number of rotatable bonds is 2. The van der Waals surface area contributed by atoms with Crippen molar-refractivity contribution < 1.29 is 14.6 Å². The molecule has 3 heterocycles. The smallest absolute Gasteiger partial charge is 0.339 e. The minimum atomic E-state index is -1.000. The van der Waals surface area contributed by atoms with E-state index in [0.717, 1.165) is 12.8 Å². The number of carboxylic acids is 1. The summed E-state index contributed by atoms with van der Waals surface area (Å²) in [6, 6.07) is 1.74. The van der Waals surface area contributed by atoms with Gasteiger partial charge >= 0.3 is 5.97 Å². The van der Waals surface area contributed by atoms with Crippen LogP contribution in [0.1, 0.15) is 35.0 Å². The Kier molecular flexibility index (Phi) is 2.29. The predicted octanol–water partition coefficient (Wildman–Crippen LogP) is 1.28. The molecule has 0 aliphatic carbocycles. The molecule has 0 bridgehead atoms. The molecule has 6 heteroatoms. The fourth-order valence-electron chi connectivity index (χ4n) is 2.16. The highest BCUT2D eigenvalue weighted by molar-refractivity contribution is 5.89. The minimum absolute atomic E-state index is 0.160. The largest absolute Gasteiger partial charge is 0.478 e. The second-order valence-electron chi connectivity index (χ2n) is 3.97. The van der Waals surface area contributed by atoms with Gasteiger partial charge in [0.05, 0.1) is 11.9 Å². The van der Waals surface area contributed by atoms with Crippen molar-refractivity contribution in [2.24, 2.45) is 0 Å².